The van der Waals surface area contributed by atoms with Gasteiger partial charge in [-0.25, -0.2) is 14.2 Å². The molecular formula is C11H13N5O4. The van der Waals surface area contributed by atoms with Crippen LogP contribution in [-0.2, 0) is 7.05 Å². The predicted octanol–water partition coefficient (Wildman–Crippen LogP) is 1.14. The molecule has 2 aromatic rings. The lowest BCUT2D eigenvalue weighted by Gasteiger charge is -2.04. The van der Waals surface area contributed by atoms with Crippen molar-refractivity contribution in [3.05, 3.63) is 32.8 Å². The normalized spacial score (nSPS) is 10.8. The first-order chi connectivity index (χ1) is 9.25. The van der Waals surface area contributed by atoms with Crippen LogP contribution in [0.2, 0.25) is 0 Å². The summed E-state index contributed by atoms with van der Waals surface area (Å²) in [5.74, 6) is -0.978. The van der Waals surface area contributed by atoms with Crippen LogP contribution in [0.1, 0.15) is 27.4 Å². The minimum Gasteiger partial charge on any atom is -0.478 e. The van der Waals surface area contributed by atoms with Gasteiger partial charge >= 0.3 is 11.7 Å². The number of nitro groups is 1. The lowest BCUT2D eigenvalue weighted by Crippen LogP contribution is -2.09. The largest absolute Gasteiger partial charge is 0.478 e. The van der Waals surface area contributed by atoms with E-state index in [4.69, 9.17) is 5.11 Å². The second kappa shape index (κ2) is 4.44. The molecule has 9 heteroatoms. The maximum atomic E-state index is 11.2. The van der Waals surface area contributed by atoms with E-state index in [0.29, 0.717) is 11.4 Å². The molecule has 0 fully saturated rings. The van der Waals surface area contributed by atoms with Crippen molar-refractivity contribution in [3.8, 4) is 5.82 Å². The highest BCUT2D eigenvalue weighted by Crippen LogP contribution is 2.28. The van der Waals surface area contributed by atoms with Crippen molar-refractivity contribution in [2.45, 2.75) is 20.8 Å². The highest BCUT2D eigenvalue weighted by Gasteiger charge is 2.29. The summed E-state index contributed by atoms with van der Waals surface area (Å²) in [4.78, 5) is 21.8. The number of aryl methyl sites for hydroxylation is 3. The number of hydrogen-bond donors (Lipinski definition) is 1. The minimum absolute atomic E-state index is 0.0400. The van der Waals surface area contributed by atoms with Crippen LogP contribution in [0.3, 0.4) is 0 Å². The minimum atomic E-state index is -1.12. The van der Waals surface area contributed by atoms with Gasteiger partial charge in [-0.1, -0.05) is 0 Å². The van der Waals surface area contributed by atoms with Gasteiger partial charge in [0.2, 0.25) is 5.82 Å². The first-order valence-corrected chi connectivity index (χ1v) is 5.73. The highest BCUT2D eigenvalue weighted by molar-refractivity contribution is 5.90. The average molecular weight is 279 g/mol. The molecule has 1 N–H and O–H groups in total. The number of aromatic nitrogens is 4. The van der Waals surface area contributed by atoms with Crippen molar-refractivity contribution in [3.63, 3.8) is 0 Å². The van der Waals surface area contributed by atoms with Crippen LogP contribution in [0, 0.1) is 30.9 Å². The summed E-state index contributed by atoms with van der Waals surface area (Å²) in [6.45, 7) is 4.61. The first kappa shape index (κ1) is 13.7. The molecule has 0 saturated heterocycles. The van der Waals surface area contributed by atoms with Crippen LogP contribution < -0.4 is 0 Å². The topological polar surface area (TPSA) is 116 Å². The van der Waals surface area contributed by atoms with Crippen LogP contribution in [0.5, 0.6) is 0 Å². The molecule has 0 radical (unpaired) electrons. The van der Waals surface area contributed by atoms with Gasteiger partial charge in [0.05, 0.1) is 16.3 Å². The summed E-state index contributed by atoms with van der Waals surface area (Å²) < 4.78 is 2.56. The molecule has 0 atom stereocenters. The zero-order valence-corrected chi connectivity index (χ0v) is 11.4. The van der Waals surface area contributed by atoms with E-state index in [1.807, 2.05) is 0 Å². The highest BCUT2D eigenvalue weighted by atomic mass is 16.6. The van der Waals surface area contributed by atoms with Crippen molar-refractivity contribution in [2.24, 2.45) is 7.05 Å². The first-order valence-electron chi connectivity index (χ1n) is 5.73. The summed E-state index contributed by atoms with van der Waals surface area (Å²) in [6, 6.07) is 0. The second-order valence-electron chi connectivity index (χ2n) is 4.40. The molecule has 0 amide bonds. The van der Waals surface area contributed by atoms with Gasteiger partial charge in [-0.15, -0.1) is 0 Å². The summed E-state index contributed by atoms with van der Waals surface area (Å²) in [7, 11) is 1.55. The van der Waals surface area contributed by atoms with Gasteiger partial charge in [0.25, 0.3) is 0 Å². The standard InChI is InChI=1S/C11H13N5O4/c1-5-8(11(17)18)7(3)15(13-5)10-9(16(19)20)6(2)12-14(10)4/h1-4H3,(H,17,18). The zero-order valence-electron chi connectivity index (χ0n) is 11.4. The number of rotatable bonds is 3. The Morgan fingerprint density at radius 2 is 1.85 bits per heavy atom. The Labute approximate surface area is 113 Å². The van der Waals surface area contributed by atoms with E-state index < -0.39 is 10.9 Å². The molecule has 20 heavy (non-hydrogen) atoms. The molecular weight excluding hydrogens is 266 g/mol. The van der Waals surface area contributed by atoms with E-state index >= 15 is 0 Å². The van der Waals surface area contributed by atoms with Crippen LogP contribution >= 0.6 is 0 Å². The van der Waals surface area contributed by atoms with Gasteiger partial charge in [-0.2, -0.15) is 10.2 Å². The third-order valence-corrected chi connectivity index (χ3v) is 3.05. The van der Waals surface area contributed by atoms with Crippen LogP contribution in [0.25, 0.3) is 5.82 Å². The fourth-order valence-corrected chi connectivity index (χ4v) is 2.24. The molecule has 2 rings (SSSR count). The fraction of sp³-hybridized carbons (Fsp3) is 0.364. The lowest BCUT2D eigenvalue weighted by atomic mass is 10.2. The monoisotopic (exact) mass is 279 g/mol. The molecule has 9 nitrogen and oxygen atoms in total. The molecule has 0 aliphatic rings. The Bertz CT molecular complexity index is 728. The number of nitrogens with zero attached hydrogens (tertiary/aromatic N) is 5. The van der Waals surface area contributed by atoms with Crippen LogP contribution in [-0.4, -0.2) is 35.6 Å². The Morgan fingerprint density at radius 3 is 2.30 bits per heavy atom. The number of carbonyl (C=O) groups is 1. The van der Waals surface area contributed by atoms with E-state index in [-0.39, 0.29) is 22.8 Å². The van der Waals surface area contributed by atoms with Gasteiger partial charge in [0.1, 0.15) is 11.3 Å². The van der Waals surface area contributed by atoms with Gasteiger partial charge in [-0.3, -0.25) is 10.1 Å². The third-order valence-electron chi connectivity index (χ3n) is 3.05. The Hall–Kier alpha value is -2.71. The number of aromatic carboxylic acids is 1. The smallest absolute Gasteiger partial charge is 0.339 e. The molecule has 0 aliphatic heterocycles. The Morgan fingerprint density at radius 1 is 1.25 bits per heavy atom. The quantitative estimate of drug-likeness (QED) is 0.665. The Kier molecular flexibility index (Phi) is 3.04. The molecule has 0 unspecified atom stereocenters. The number of carboxylic acids is 1. The van der Waals surface area contributed by atoms with E-state index in [0.717, 1.165) is 0 Å². The molecule has 106 valence electrons. The zero-order chi connectivity index (χ0) is 15.2. The molecule has 2 aromatic heterocycles. The molecule has 0 bridgehead atoms. The van der Waals surface area contributed by atoms with Crippen LogP contribution in [0.15, 0.2) is 0 Å². The van der Waals surface area contributed by atoms with E-state index in [1.165, 1.54) is 16.3 Å². The van der Waals surface area contributed by atoms with Crippen molar-refractivity contribution in [2.75, 3.05) is 0 Å². The van der Waals surface area contributed by atoms with Gasteiger partial charge in [-0.05, 0) is 20.8 Å². The average Bonchev–Trinajstić information content (AvgIpc) is 2.75. The van der Waals surface area contributed by atoms with Crippen molar-refractivity contribution < 1.29 is 14.8 Å². The second-order valence-corrected chi connectivity index (χ2v) is 4.40. The van der Waals surface area contributed by atoms with E-state index in [2.05, 4.69) is 10.2 Å². The third kappa shape index (κ3) is 1.83. The summed E-state index contributed by atoms with van der Waals surface area (Å²) in [6.07, 6.45) is 0. The van der Waals surface area contributed by atoms with Crippen molar-refractivity contribution >= 4 is 11.7 Å². The lowest BCUT2D eigenvalue weighted by molar-refractivity contribution is -0.385. The predicted molar refractivity (Wildman–Crippen MR) is 68.2 cm³/mol. The molecule has 2 heterocycles. The maximum Gasteiger partial charge on any atom is 0.339 e. The van der Waals surface area contributed by atoms with E-state index in [1.54, 1.807) is 20.9 Å². The van der Waals surface area contributed by atoms with Crippen molar-refractivity contribution in [1.82, 2.24) is 19.6 Å². The van der Waals surface area contributed by atoms with Gasteiger partial charge < -0.3 is 5.11 Å². The van der Waals surface area contributed by atoms with Gasteiger partial charge in [0.15, 0.2) is 0 Å². The van der Waals surface area contributed by atoms with Gasteiger partial charge in [0, 0.05) is 7.05 Å². The summed E-state index contributed by atoms with van der Waals surface area (Å²) >= 11 is 0. The summed E-state index contributed by atoms with van der Waals surface area (Å²) in [5, 5.41) is 28.4. The maximum absolute atomic E-state index is 11.2. The summed E-state index contributed by atoms with van der Waals surface area (Å²) in [5.41, 5.74) is 0.717. The molecule has 0 aliphatic carbocycles. The fourth-order valence-electron chi connectivity index (χ4n) is 2.24. The SMILES string of the molecule is Cc1nn(-c2c([N+](=O)[O-])c(C)nn2C)c(C)c1C(=O)O. The Balaban J connectivity index is 2.79. The molecule has 0 saturated carbocycles. The molecule has 0 spiro atoms. The molecule has 0 aromatic carbocycles. The van der Waals surface area contributed by atoms with Crippen LogP contribution in [0.4, 0.5) is 5.69 Å². The van der Waals surface area contributed by atoms with Crippen molar-refractivity contribution in [1.29, 1.82) is 0 Å². The van der Waals surface area contributed by atoms with E-state index in [9.17, 15) is 14.9 Å². The number of carboxylic acid groups (broad SMARTS) is 1. The number of hydrogen-bond acceptors (Lipinski definition) is 5.